The molecule has 1 fully saturated rings. The Morgan fingerprint density at radius 3 is 2.32 bits per heavy atom. The summed E-state index contributed by atoms with van der Waals surface area (Å²) >= 11 is 0. The number of carbonyl (C=O) groups excluding carboxylic acids is 1. The van der Waals surface area contributed by atoms with E-state index < -0.39 is 0 Å². The lowest BCUT2D eigenvalue weighted by Crippen LogP contribution is -2.41. The van der Waals surface area contributed by atoms with Crippen LogP contribution < -0.4 is 10.6 Å². The first kappa shape index (κ1) is 17.6. The zero-order valence-corrected chi connectivity index (χ0v) is 14.9. The van der Waals surface area contributed by atoms with Crippen LogP contribution >= 0.6 is 0 Å². The Balaban J connectivity index is 1.41. The highest BCUT2D eigenvalue weighted by Gasteiger charge is 2.18. The van der Waals surface area contributed by atoms with Gasteiger partial charge in [-0.3, -0.25) is 9.69 Å². The highest BCUT2D eigenvalue weighted by atomic mass is 16.1. The summed E-state index contributed by atoms with van der Waals surface area (Å²) in [6.07, 6.45) is 2.37. The average molecular weight is 337 g/mol. The molecule has 0 aromatic heterocycles. The van der Waals surface area contributed by atoms with E-state index in [0.29, 0.717) is 11.6 Å². The van der Waals surface area contributed by atoms with E-state index in [2.05, 4.69) is 45.9 Å². The highest BCUT2D eigenvalue weighted by Crippen LogP contribution is 2.14. The molecule has 2 aromatic carbocycles. The number of nitrogens with zero attached hydrogens (tertiary/aromatic N) is 1. The van der Waals surface area contributed by atoms with Crippen molar-refractivity contribution in [1.29, 1.82) is 0 Å². The van der Waals surface area contributed by atoms with E-state index in [1.807, 2.05) is 24.3 Å². The van der Waals surface area contributed by atoms with Gasteiger partial charge in [-0.15, -0.1) is 0 Å². The molecular formula is C21H27N3O. The molecular weight excluding hydrogens is 310 g/mol. The third-order valence-electron chi connectivity index (χ3n) is 4.87. The largest absolute Gasteiger partial charge is 0.355 e. The Labute approximate surface area is 150 Å². The van der Waals surface area contributed by atoms with Crippen LogP contribution in [0.2, 0.25) is 0 Å². The quantitative estimate of drug-likeness (QED) is 0.852. The van der Waals surface area contributed by atoms with Crippen molar-refractivity contribution in [2.75, 3.05) is 20.1 Å². The van der Waals surface area contributed by atoms with Crippen molar-refractivity contribution >= 4 is 5.91 Å². The van der Waals surface area contributed by atoms with Gasteiger partial charge in [0, 0.05) is 31.7 Å². The third-order valence-corrected chi connectivity index (χ3v) is 4.87. The first-order chi connectivity index (χ1) is 12.2. The number of hydrogen-bond donors (Lipinski definition) is 2. The SMILES string of the molecule is CNC(=O)c1ccc(CNC2CCN(Cc3ccccc3)CC2)cc1. The zero-order valence-electron chi connectivity index (χ0n) is 14.9. The molecule has 1 aliphatic rings. The molecule has 1 heterocycles. The van der Waals surface area contributed by atoms with Crippen LogP contribution in [0, 0.1) is 0 Å². The fraction of sp³-hybridized carbons (Fsp3) is 0.381. The molecule has 0 atom stereocenters. The van der Waals surface area contributed by atoms with Crippen molar-refractivity contribution in [3.8, 4) is 0 Å². The van der Waals surface area contributed by atoms with Crippen LogP contribution in [0.25, 0.3) is 0 Å². The molecule has 0 aliphatic carbocycles. The van der Waals surface area contributed by atoms with E-state index in [4.69, 9.17) is 0 Å². The molecule has 0 radical (unpaired) electrons. The van der Waals surface area contributed by atoms with E-state index in [0.717, 1.165) is 26.2 Å². The van der Waals surface area contributed by atoms with Gasteiger partial charge in [0.25, 0.3) is 5.91 Å². The zero-order chi connectivity index (χ0) is 17.5. The molecule has 4 heteroatoms. The van der Waals surface area contributed by atoms with Gasteiger partial charge in [0.05, 0.1) is 0 Å². The molecule has 2 N–H and O–H groups in total. The summed E-state index contributed by atoms with van der Waals surface area (Å²) in [7, 11) is 1.65. The highest BCUT2D eigenvalue weighted by molar-refractivity contribution is 5.93. The van der Waals surface area contributed by atoms with Gasteiger partial charge in [-0.25, -0.2) is 0 Å². The van der Waals surface area contributed by atoms with Gasteiger partial charge in [0.15, 0.2) is 0 Å². The molecule has 0 unspecified atom stereocenters. The second kappa shape index (κ2) is 8.79. The number of piperidine rings is 1. The summed E-state index contributed by atoms with van der Waals surface area (Å²) < 4.78 is 0. The normalized spacial score (nSPS) is 15.9. The Morgan fingerprint density at radius 2 is 1.68 bits per heavy atom. The van der Waals surface area contributed by atoms with E-state index in [9.17, 15) is 4.79 Å². The monoisotopic (exact) mass is 337 g/mol. The number of benzene rings is 2. The third kappa shape index (κ3) is 5.15. The number of rotatable bonds is 6. The molecule has 0 spiro atoms. The minimum absolute atomic E-state index is 0.0368. The minimum Gasteiger partial charge on any atom is -0.355 e. The van der Waals surface area contributed by atoms with Gasteiger partial charge in [-0.2, -0.15) is 0 Å². The lowest BCUT2D eigenvalue weighted by molar-refractivity contribution is 0.0963. The first-order valence-corrected chi connectivity index (χ1v) is 9.05. The Kier molecular flexibility index (Phi) is 6.20. The van der Waals surface area contributed by atoms with Crippen LogP contribution in [-0.4, -0.2) is 37.0 Å². The molecule has 2 aromatic rings. The van der Waals surface area contributed by atoms with Crippen LogP contribution in [0.5, 0.6) is 0 Å². The summed E-state index contributed by atoms with van der Waals surface area (Å²) in [6.45, 7) is 4.19. The maximum atomic E-state index is 11.6. The van der Waals surface area contributed by atoms with Gasteiger partial charge in [0.2, 0.25) is 0 Å². The maximum absolute atomic E-state index is 11.6. The molecule has 3 rings (SSSR count). The molecule has 0 bridgehead atoms. The second-order valence-corrected chi connectivity index (χ2v) is 6.69. The Bertz CT molecular complexity index is 661. The smallest absolute Gasteiger partial charge is 0.251 e. The van der Waals surface area contributed by atoms with Crippen LogP contribution in [-0.2, 0) is 13.1 Å². The van der Waals surface area contributed by atoms with Crippen molar-refractivity contribution in [1.82, 2.24) is 15.5 Å². The summed E-state index contributed by atoms with van der Waals surface area (Å²) in [5, 5.41) is 6.30. The number of amides is 1. The summed E-state index contributed by atoms with van der Waals surface area (Å²) in [5.41, 5.74) is 3.32. The molecule has 1 saturated heterocycles. The lowest BCUT2D eigenvalue weighted by Gasteiger charge is -2.32. The second-order valence-electron chi connectivity index (χ2n) is 6.69. The van der Waals surface area contributed by atoms with Crippen LogP contribution in [0.1, 0.15) is 34.3 Å². The molecule has 1 aliphatic heterocycles. The van der Waals surface area contributed by atoms with Crippen molar-refractivity contribution in [2.45, 2.75) is 32.0 Å². The van der Waals surface area contributed by atoms with E-state index >= 15 is 0 Å². The van der Waals surface area contributed by atoms with Gasteiger partial charge >= 0.3 is 0 Å². The predicted octanol–water partition coefficient (Wildman–Crippen LogP) is 2.80. The average Bonchev–Trinajstić information content (AvgIpc) is 2.68. The van der Waals surface area contributed by atoms with Gasteiger partial charge in [-0.1, -0.05) is 42.5 Å². The maximum Gasteiger partial charge on any atom is 0.251 e. The lowest BCUT2D eigenvalue weighted by atomic mass is 10.0. The summed E-state index contributed by atoms with van der Waals surface area (Å²) in [5.74, 6) is -0.0368. The first-order valence-electron chi connectivity index (χ1n) is 9.05. The van der Waals surface area contributed by atoms with Gasteiger partial charge in [0.1, 0.15) is 0 Å². The van der Waals surface area contributed by atoms with Gasteiger partial charge in [-0.05, 0) is 49.2 Å². The topological polar surface area (TPSA) is 44.4 Å². The molecule has 132 valence electrons. The van der Waals surface area contributed by atoms with Crippen molar-refractivity contribution in [3.63, 3.8) is 0 Å². The van der Waals surface area contributed by atoms with Crippen LogP contribution in [0.4, 0.5) is 0 Å². The number of carbonyl (C=O) groups is 1. The number of nitrogens with one attached hydrogen (secondary N) is 2. The van der Waals surface area contributed by atoms with Crippen LogP contribution in [0.15, 0.2) is 54.6 Å². The number of likely N-dealkylation sites (tertiary alicyclic amines) is 1. The van der Waals surface area contributed by atoms with E-state index in [-0.39, 0.29) is 5.91 Å². The van der Waals surface area contributed by atoms with Crippen LogP contribution in [0.3, 0.4) is 0 Å². The number of hydrogen-bond acceptors (Lipinski definition) is 3. The molecule has 25 heavy (non-hydrogen) atoms. The summed E-state index contributed by atoms with van der Waals surface area (Å²) in [4.78, 5) is 14.1. The predicted molar refractivity (Wildman–Crippen MR) is 101 cm³/mol. The fourth-order valence-electron chi connectivity index (χ4n) is 3.32. The molecule has 4 nitrogen and oxygen atoms in total. The van der Waals surface area contributed by atoms with Crippen molar-refractivity contribution in [2.24, 2.45) is 0 Å². The van der Waals surface area contributed by atoms with Gasteiger partial charge < -0.3 is 10.6 Å². The van der Waals surface area contributed by atoms with E-state index in [1.165, 1.54) is 24.0 Å². The Hall–Kier alpha value is -2.17. The minimum atomic E-state index is -0.0368. The van der Waals surface area contributed by atoms with Crippen molar-refractivity contribution < 1.29 is 4.79 Å². The summed E-state index contributed by atoms with van der Waals surface area (Å²) in [6, 6.07) is 19.1. The van der Waals surface area contributed by atoms with Crippen molar-refractivity contribution in [3.05, 3.63) is 71.3 Å². The molecule has 0 saturated carbocycles. The molecule has 1 amide bonds. The fourth-order valence-corrected chi connectivity index (χ4v) is 3.32. The van der Waals surface area contributed by atoms with E-state index in [1.54, 1.807) is 7.05 Å². The Morgan fingerprint density at radius 1 is 1.00 bits per heavy atom. The standard InChI is InChI=1S/C21H27N3O/c1-22-21(25)19-9-7-17(8-10-19)15-23-20-11-13-24(14-12-20)16-18-5-3-2-4-6-18/h2-10,20,23H,11-16H2,1H3,(H,22,25).